The fourth-order valence-electron chi connectivity index (χ4n) is 1.70. The van der Waals surface area contributed by atoms with E-state index in [1.165, 1.54) is 0 Å². The highest BCUT2D eigenvalue weighted by molar-refractivity contribution is 9.10. The van der Waals surface area contributed by atoms with Gasteiger partial charge in [0.2, 0.25) is 0 Å². The van der Waals surface area contributed by atoms with Crippen LogP contribution in [-0.2, 0) is 15.2 Å². The lowest BCUT2D eigenvalue weighted by molar-refractivity contribution is 0.313. The van der Waals surface area contributed by atoms with Crippen LogP contribution >= 0.6 is 31.9 Å². The Morgan fingerprint density at radius 3 is 2.58 bits per heavy atom. The molecule has 0 heterocycles. The monoisotopic (exact) mass is 412 g/mol. The second-order valence-electron chi connectivity index (χ2n) is 4.28. The van der Waals surface area contributed by atoms with Gasteiger partial charge in [0, 0.05) is 21.1 Å². The quantitative estimate of drug-likeness (QED) is 0.503. The highest BCUT2D eigenvalue weighted by Gasteiger charge is 2.10. The number of benzene rings is 1. The van der Waals surface area contributed by atoms with E-state index in [0.717, 1.165) is 21.3 Å². The van der Waals surface area contributed by atoms with Crippen molar-refractivity contribution >= 4 is 41.7 Å². The molecule has 0 aliphatic heterocycles. The van der Waals surface area contributed by atoms with E-state index < -0.39 is 9.84 Å². The number of sulfone groups is 1. The summed E-state index contributed by atoms with van der Waals surface area (Å²) in [6, 6.07) is 3.99. The predicted octanol–water partition coefficient (Wildman–Crippen LogP) is 3.86. The van der Waals surface area contributed by atoms with Gasteiger partial charge >= 0.3 is 0 Å². The molecule has 1 aromatic carbocycles. The van der Waals surface area contributed by atoms with E-state index in [9.17, 15) is 8.42 Å². The summed E-state index contributed by atoms with van der Waals surface area (Å²) in [5.41, 5.74) is 2.10. The topological polar surface area (TPSA) is 43.4 Å². The van der Waals surface area contributed by atoms with Gasteiger partial charge in [0.1, 0.15) is 15.6 Å². The lowest BCUT2D eigenvalue weighted by atomic mass is 10.1. The first-order chi connectivity index (χ1) is 8.89. The predicted molar refractivity (Wildman–Crippen MR) is 85.9 cm³/mol. The Morgan fingerprint density at radius 1 is 1.32 bits per heavy atom. The van der Waals surface area contributed by atoms with Gasteiger partial charge in [0.05, 0.1) is 12.4 Å². The van der Waals surface area contributed by atoms with E-state index in [-0.39, 0.29) is 11.5 Å². The summed E-state index contributed by atoms with van der Waals surface area (Å²) in [6.45, 7) is 4.06. The fraction of sp³-hybridized carbons (Fsp3) is 0.538. The molecule has 0 radical (unpaired) electrons. The molecule has 1 aromatic rings. The first-order valence-electron chi connectivity index (χ1n) is 6.08. The van der Waals surface area contributed by atoms with Crippen LogP contribution in [0, 0.1) is 6.92 Å². The van der Waals surface area contributed by atoms with Crippen LogP contribution < -0.4 is 4.74 Å². The third kappa shape index (κ3) is 5.44. The molecule has 0 atom stereocenters. The Labute approximate surface area is 131 Å². The first kappa shape index (κ1) is 17.0. The molecule has 0 N–H and O–H groups in total. The van der Waals surface area contributed by atoms with Crippen molar-refractivity contribution in [3.05, 3.63) is 27.7 Å². The Morgan fingerprint density at radius 2 is 2.00 bits per heavy atom. The van der Waals surface area contributed by atoms with Gasteiger partial charge in [0.25, 0.3) is 0 Å². The molecule has 0 amide bonds. The molecule has 3 nitrogen and oxygen atoms in total. The van der Waals surface area contributed by atoms with Crippen LogP contribution in [0.3, 0.4) is 0 Å². The van der Waals surface area contributed by atoms with E-state index in [2.05, 4.69) is 31.9 Å². The average Bonchev–Trinajstić information content (AvgIpc) is 2.35. The van der Waals surface area contributed by atoms with Crippen molar-refractivity contribution in [2.24, 2.45) is 0 Å². The SMILES string of the molecule is CCS(=O)(=O)CCCOc1c(C)cc(Br)cc1CBr. The van der Waals surface area contributed by atoms with E-state index >= 15 is 0 Å². The molecule has 0 saturated carbocycles. The molecule has 6 heteroatoms. The van der Waals surface area contributed by atoms with Crippen LogP contribution in [0.1, 0.15) is 24.5 Å². The number of hydrogen-bond acceptors (Lipinski definition) is 3. The highest BCUT2D eigenvalue weighted by Crippen LogP contribution is 2.29. The van der Waals surface area contributed by atoms with Crippen molar-refractivity contribution in [1.29, 1.82) is 0 Å². The van der Waals surface area contributed by atoms with Gasteiger partial charge in [-0.3, -0.25) is 0 Å². The molecule has 108 valence electrons. The highest BCUT2D eigenvalue weighted by atomic mass is 79.9. The minimum absolute atomic E-state index is 0.183. The van der Waals surface area contributed by atoms with Crippen LogP contribution in [-0.4, -0.2) is 26.5 Å². The van der Waals surface area contributed by atoms with Gasteiger partial charge in [-0.15, -0.1) is 0 Å². The van der Waals surface area contributed by atoms with Crippen molar-refractivity contribution in [1.82, 2.24) is 0 Å². The van der Waals surface area contributed by atoms with Crippen LogP contribution in [0.4, 0.5) is 0 Å². The van der Waals surface area contributed by atoms with Crippen molar-refractivity contribution < 1.29 is 13.2 Å². The standard InChI is InChI=1S/C13H18Br2O3S/c1-3-19(16,17)6-4-5-18-13-10(2)7-12(15)8-11(13)9-14/h7-8H,3-6,9H2,1-2H3. The summed E-state index contributed by atoms with van der Waals surface area (Å²) in [4.78, 5) is 0. The zero-order valence-corrected chi connectivity index (χ0v) is 15.1. The van der Waals surface area contributed by atoms with Crippen LogP contribution in [0.15, 0.2) is 16.6 Å². The van der Waals surface area contributed by atoms with E-state index in [0.29, 0.717) is 18.4 Å². The minimum atomic E-state index is -2.90. The van der Waals surface area contributed by atoms with Gasteiger partial charge < -0.3 is 4.74 Å². The number of rotatable bonds is 7. The number of ether oxygens (including phenoxy) is 1. The summed E-state index contributed by atoms with van der Waals surface area (Å²) in [6.07, 6.45) is 0.521. The molecule has 0 spiro atoms. The average molecular weight is 414 g/mol. The molecule has 0 bridgehead atoms. The summed E-state index contributed by atoms with van der Waals surface area (Å²) in [5, 5.41) is 0.704. The molecule has 1 rings (SSSR count). The van der Waals surface area contributed by atoms with Gasteiger partial charge in [-0.05, 0) is 31.0 Å². The van der Waals surface area contributed by atoms with Crippen LogP contribution in [0.25, 0.3) is 0 Å². The summed E-state index contributed by atoms with van der Waals surface area (Å²) in [7, 11) is -2.90. The lowest BCUT2D eigenvalue weighted by Crippen LogP contribution is -2.12. The number of aryl methyl sites for hydroxylation is 1. The van der Waals surface area contributed by atoms with Crippen LogP contribution in [0.5, 0.6) is 5.75 Å². The maximum absolute atomic E-state index is 11.4. The zero-order valence-electron chi connectivity index (χ0n) is 11.1. The maximum Gasteiger partial charge on any atom is 0.150 e. The third-order valence-corrected chi connectivity index (χ3v) is 5.60. The Balaban J connectivity index is 2.63. The smallest absolute Gasteiger partial charge is 0.150 e. The lowest BCUT2D eigenvalue weighted by Gasteiger charge is -2.13. The third-order valence-electron chi connectivity index (χ3n) is 2.75. The largest absolute Gasteiger partial charge is 0.493 e. The van der Waals surface area contributed by atoms with E-state index in [4.69, 9.17) is 4.74 Å². The second-order valence-corrected chi connectivity index (χ2v) is 8.23. The second kappa shape index (κ2) is 7.64. The molecule has 0 saturated heterocycles. The number of hydrogen-bond donors (Lipinski definition) is 0. The minimum Gasteiger partial charge on any atom is -0.493 e. The maximum atomic E-state index is 11.4. The fourth-order valence-corrected chi connectivity index (χ4v) is 3.59. The number of alkyl halides is 1. The van der Waals surface area contributed by atoms with Gasteiger partial charge in [-0.2, -0.15) is 0 Å². The van der Waals surface area contributed by atoms with Crippen LogP contribution in [0.2, 0.25) is 0 Å². The Hall–Kier alpha value is -0.0700. The molecular weight excluding hydrogens is 396 g/mol. The molecule has 0 fully saturated rings. The summed E-state index contributed by atoms with van der Waals surface area (Å²) < 4.78 is 29.5. The molecule has 0 aliphatic carbocycles. The molecule has 19 heavy (non-hydrogen) atoms. The van der Waals surface area contributed by atoms with Gasteiger partial charge in [0.15, 0.2) is 0 Å². The molecule has 0 aliphatic rings. The van der Waals surface area contributed by atoms with E-state index in [1.54, 1.807) is 6.92 Å². The van der Waals surface area contributed by atoms with Gasteiger partial charge in [-0.1, -0.05) is 38.8 Å². The van der Waals surface area contributed by atoms with Crippen molar-refractivity contribution in [2.45, 2.75) is 25.6 Å². The normalized spacial score (nSPS) is 11.6. The van der Waals surface area contributed by atoms with Crippen molar-refractivity contribution in [3.63, 3.8) is 0 Å². The first-order valence-corrected chi connectivity index (χ1v) is 9.81. The molecular formula is C13H18Br2O3S. The van der Waals surface area contributed by atoms with Gasteiger partial charge in [-0.25, -0.2) is 8.42 Å². The Kier molecular flexibility index (Phi) is 6.83. The van der Waals surface area contributed by atoms with Crippen molar-refractivity contribution in [2.75, 3.05) is 18.1 Å². The summed E-state index contributed by atoms with van der Waals surface area (Å²) >= 11 is 6.88. The molecule has 0 unspecified atom stereocenters. The number of halogens is 2. The van der Waals surface area contributed by atoms with E-state index in [1.807, 2.05) is 19.1 Å². The summed E-state index contributed by atoms with van der Waals surface area (Å²) in [5.74, 6) is 1.22. The van der Waals surface area contributed by atoms with Crippen molar-refractivity contribution in [3.8, 4) is 5.75 Å². The zero-order chi connectivity index (χ0) is 14.5. The molecule has 0 aromatic heterocycles. The Bertz CT molecular complexity index is 527.